The number of aromatic carboxylic acids is 1. The zero-order chi connectivity index (χ0) is 11.3. The smallest absolute Gasteiger partial charge is 0.347 e. The lowest BCUT2D eigenvalue weighted by Crippen LogP contribution is -1.95. The summed E-state index contributed by atoms with van der Waals surface area (Å²) >= 11 is 2.75. The molecule has 0 saturated heterocycles. The molecule has 0 aliphatic rings. The van der Waals surface area contributed by atoms with E-state index in [1.807, 2.05) is 6.92 Å². The molecule has 0 atom stereocenters. The van der Waals surface area contributed by atoms with Gasteiger partial charge in [0.05, 0.1) is 12.3 Å². The van der Waals surface area contributed by atoms with Crippen LogP contribution < -0.4 is 0 Å². The third-order valence-corrected chi connectivity index (χ3v) is 3.88. The van der Waals surface area contributed by atoms with Crippen molar-refractivity contribution in [3.63, 3.8) is 0 Å². The summed E-state index contributed by atoms with van der Waals surface area (Å²) in [5.41, 5.74) is 0.589. The fraction of sp³-hybridized carbons (Fsp3) is 0.556. The first-order valence-electron chi connectivity index (χ1n) is 4.56. The number of hydrogen-bond acceptors (Lipinski definition) is 5. The van der Waals surface area contributed by atoms with Crippen molar-refractivity contribution in [2.45, 2.75) is 18.2 Å². The second-order valence-electron chi connectivity index (χ2n) is 2.74. The number of aromatic nitrogens is 1. The van der Waals surface area contributed by atoms with E-state index in [4.69, 9.17) is 9.84 Å². The second-order valence-corrected chi connectivity index (χ2v) is 5.09. The molecule has 0 aliphatic carbocycles. The van der Waals surface area contributed by atoms with Crippen LogP contribution in [0.15, 0.2) is 4.34 Å². The fourth-order valence-corrected chi connectivity index (χ4v) is 2.91. The summed E-state index contributed by atoms with van der Waals surface area (Å²) in [7, 11) is 0. The van der Waals surface area contributed by atoms with Gasteiger partial charge in [0.25, 0.3) is 0 Å². The minimum atomic E-state index is -0.901. The average molecular weight is 247 g/mol. The van der Waals surface area contributed by atoms with E-state index in [0.29, 0.717) is 23.8 Å². The molecule has 0 aromatic carbocycles. The van der Waals surface area contributed by atoms with Crippen LogP contribution >= 0.6 is 23.1 Å². The first kappa shape index (κ1) is 12.5. The van der Waals surface area contributed by atoms with Gasteiger partial charge in [-0.2, -0.15) is 0 Å². The molecule has 0 bridgehead atoms. The van der Waals surface area contributed by atoms with E-state index in [9.17, 15) is 4.79 Å². The maximum Gasteiger partial charge on any atom is 0.347 e. The van der Waals surface area contributed by atoms with Crippen LogP contribution in [0, 0.1) is 6.92 Å². The maximum absolute atomic E-state index is 10.7. The van der Waals surface area contributed by atoms with Crippen LogP contribution in [-0.4, -0.2) is 35.0 Å². The molecule has 1 aromatic rings. The van der Waals surface area contributed by atoms with Crippen molar-refractivity contribution >= 4 is 29.1 Å². The number of thiazole rings is 1. The highest BCUT2D eigenvalue weighted by Crippen LogP contribution is 2.26. The number of carboxylic acids is 1. The number of nitrogens with zero attached hydrogens (tertiary/aromatic N) is 1. The highest BCUT2D eigenvalue weighted by Gasteiger charge is 2.13. The fourth-order valence-electron chi connectivity index (χ4n) is 0.964. The largest absolute Gasteiger partial charge is 0.477 e. The van der Waals surface area contributed by atoms with Crippen molar-refractivity contribution in [3.05, 3.63) is 10.6 Å². The minimum Gasteiger partial charge on any atom is -0.477 e. The van der Waals surface area contributed by atoms with Gasteiger partial charge in [0.15, 0.2) is 4.34 Å². The van der Waals surface area contributed by atoms with Crippen LogP contribution in [0.2, 0.25) is 0 Å². The molecule has 0 unspecified atom stereocenters. The van der Waals surface area contributed by atoms with Gasteiger partial charge in [-0.05, 0) is 13.8 Å². The van der Waals surface area contributed by atoms with E-state index in [1.54, 1.807) is 6.92 Å². The van der Waals surface area contributed by atoms with E-state index in [0.717, 1.165) is 10.1 Å². The Kier molecular flexibility index (Phi) is 5.07. The van der Waals surface area contributed by atoms with E-state index in [1.165, 1.54) is 23.1 Å². The summed E-state index contributed by atoms with van der Waals surface area (Å²) in [4.78, 5) is 15.3. The Morgan fingerprint density at radius 1 is 1.67 bits per heavy atom. The molecule has 1 aromatic heterocycles. The predicted octanol–water partition coefficient (Wildman–Crippen LogP) is 2.28. The highest BCUT2D eigenvalue weighted by atomic mass is 32.2. The molecule has 0 radical (unpaired) electrons. The Labute approximate surface area is 96.7 Å². The van der Waals surface area contributed by atoms with E-state index in [2.05, 4.69) is 4.98 Å². The topological polar surface area (TPSA) is 59.4 Å². The van der Waals surface area contributed by atoms with Gasteiger partial charge in [0.2, 0.25) is 0 Å². The van der Waals surface area contributed by atoms with Crippen molar-refractivity contribution in [2.75, 3.05) is 19.0 Å². The van der Waals surface area contributed by atoms with Crippen LogP contribution in [0.1, 0.15) is 22.3 Å². The minimum absolute atomic E-state index is 0.328. The zero-order valence-electron chi connectivity index (χ0n) is 8.65. The Morgan fingerprint density at radius 3 is 2.93 bits per heavy atom. The first-order valence-corrected chi connectivity index (χ1v) is 6.36. The number of thioether (sulfide) groups is 1. The number of rotatable bonds is 6. The quantitative estimate of drug-likeness (QED) is 0.617. The van der Waals surface area contributed by atoms with Crippen molar-refractivity contribution in [1.29, 1.82) is 0 Å². The highest BCUT2D eigenvalue weighted by molar-refractivity contribution is 8.01. The molecule has 4 nitrogen and oxygen atoms in total. The number of carbonyl (C=O) groups is 1. The summed E-state index contributed by atoms with van der Waals surface area (Å²) in [5.74, 6) is -0.0958. The first-order chi connectivity index (χ1) is 7.15. The van der Waals surface area contributed by atoms with Crippen molar-refractivity contribution < 1.29 is 14.6 Å². The van der Waals surface area contributed by atoms with Crippen LogP contribution in [-0.2, 0) is 4.74 Å². The number of hydrogen-bond donors (Lipinski definition) is 1. The number of carboxylic acid groups (broad SMARTS) is 1. The SMILES string of the molecule is CCOCCSc1nc(C)c(C(=O)O)s1. The van der Waals surface area contributed by atoms with Crippen molar-refractivity contribution in [1.82, 2.24) is 4.98 Å². The lowest BCUT2D eigenvalue weighted by molar-refractivity contribution is 0.0701. The van der Waals surface area contributed by atoms with Crippen molar-refractivity contribution in [3.8, 4) is 0 Å². The van der Waals surface area contributed by atoms with Gasteiger partial charge in [-0.1, -0.05) is 11.8 Å². The van der Waals surface area contributed by atoms with Gasteiger partial charge >= 0.3 is 5.97 Å². The van der Waals surface area contributed by atoms with Crippen molar-refractivity contribution in [2.24, 2.45) is 0 Å². The molecule has 6 heteroatoms. The molecule has 0 spiro atoms. The van der Waals surface area contributed by atoms with Gasteiger partial charge in [-0.3, -0.25) is 0 Å². The summed E-state index contributed by atoms with van der Waals surface area (Å²) in [6.07, 6.45) is 0. The van der Waals surface area contributed by atoms with E-state index >= 15 is 0 Å². The zero-order valence-corrected chi connectivity index (χ0v) is 10.3. The lowest BCUT2D eigenvalue weighted by atomic mass is 10.4. The van der Waals surface area contributed by atoms with Crippen LogP contribution in [0.5, 0.6) is 0 Å². The molecule has 1 rings (SSSR count). The van der Waals surface area contributed by atoms with E-state index < -0.39 is 5.97 Å². The molecule has 0 amide bonds. The Bertz CT molecular complexity index is 338. The molecule has 1 N–H and O–H groups in total. The van der Waals surface area contributed by atoms with Gasteiger partial charge in [0, 0.05) is 12.4 Å². The maximum atomic E-state index is 10.7. The lowest BCUT2D eigenvalue weighted by Gasteiger charge is -1.97. The molecule has 0 fully saturated rings. The summed E-state index contributed by atoms with van der Waals surface area (Å²) in [6, 6.07) is 0. The summed E-state index contributed by atoms with van der Waals surface area (Å²) in [5, 5.41) is 8.83. The monoisotopic (exact) mass is 247 g/mol. The van der Waals surface area contributed by atoms with Gasteiger partial charge in [-0.25, -0.2) is 9.78 Å². The average Bonchev–Trinajstić information content (AvgIpc) is 2.55. The van der Waals surface area contributed by atoms with Crippen LogP contribution in [0.3, 0.4) is 0 Å². The third kappa shape index (κ3) is 3.81. The summed E-state index contributed by atoms with van der Waals surface area (Å²) in [6.45, 7) is 5.04. The normalized spacial score (nSPS) is 10.5. The Hall–Kier alpha value is -0.590. The molecule has 0 saturated carbocycles. The van der Waals surface area contributed by atoms with Crippen LogP contribution in [0.25, 0.3) is 0 Å². The molecule has 15 heavy (non-hydrogen) atoms. The van der Waals surface area contributed by atoms with Crippen LogP contribution in [0.4, 0.5) is 0 Å². The number of ether oxygens (including phenoxy) is 1. The summed E-state index contributed by atoms with van der Waals surface area (Å²) < 4.78 is 5.98. The van der Waals surface area contributed by atoms with Gasteiger partial charge in [-0.15, -0.1) is 11.3 Å². The predicted molar refractivity (Wildman–Crippen MR) is 61.0 cm³/mol. The molecule has 84 valence electrons. The molecule has 0 aliphatic heterocycles. The van der Waals surface area contributed by atoms with Gasteiger partial charge in [0.1, 0.15) is 4.88 Å². The van der Waals surface area contributed by atoms with E-state index in [-0.39, 0.29) is 0 Å². The van der Waals surface area contributed by atoms with Gasteiger partial charge < -0.3 is 9.84 Å². The second kappa shape index (κ2) is 6.09. The molecular weight excluding hydrogens is 234 g/mol. The number of aryl methyl sites for hydroxylation is 1. The third-order valence-electron chi connectivity index (χ3n) is 1.63. The standard InChI is InChI=1S/C9H13NO3S2/c1-3-13-4-5-14-9-10-6(2)7(15-9)8(11)12/h3-5H2,1-2H3,(H,11,12). The molecular formula is C9H13NO3S2. The Balaban J connectivity index is 2.48. The Morgan fingerprint density at radius 2 is 2.40 bits per heavy atom. The molecule has 1 heterocycles.